The van der Waals surface area contributed by atoms with Crippen LogP contribution < -0.4 is 5.32 Å². The van der Waals surface area contributed by atoms with Gasteiger partial charge in [0.1, 0.15) is 0 Å². The molecule has 28 heavy (non-hydrogen) atoms. The van der Waals surface area contributed by atoms with E-state index in [-0.39, 0.29) is 11.7 Å². The number of fused-ring (bicyclic) bond motifs is 1. The number of carbonyl (C=O) groups is 2. The van der Waals surface area contributed by atoms with Gasteiger partial charge in [-0.2, -0.15) is 0 Å². The van der Waals surface area contributed by atoms with Gasteiger partial charge in [-0.15, -0.1) is 0 Å². The molecule has 2 heterocycles. The summed E-state index contributed by atoms with van der Waals surface area (Å²) in [4.78, 5) is 26.6. The molecule has 1 saturated heterocycles. The van der Waals surface area contributed by atoms with Gasteiger partial charge in [-0.1, -0.05) is 44.9 Å². The molecule has 1 aliphatic carbocycles. The first-order valence-electron chi connectivity index (χ1n) is 11.4. The number of likely N-dealkylation sites (tertiary alicyclic amines) is 1. The van der Waals surface area contributed by atoms with Gasteiger partial charge >= 0.3 is 0 Å². The van der Waals surface area contributed by atoms with Crippen molar-refractivity contribution in [3.63, 3.8) is 0 Å². The molecule has 2 aliphatic heterocycles. The zero-order chi connectivity index (χ0) is 19.3. The molecule has 0 aromatic heterocycles. The number of benzene rings is 1. The third-order valence-electron chi connectivity index (χ3n) is 7.10. The highest BCUT2D eigenvalue weighted by Gasteiger charge is 2.23. The Morgan fingerprint density at radius 3 is 2.43 bits per heavy atom. The van der Waals surface area contributed by atoms with Gasteiger partial charge in [0.25, 0.3) is 0 Å². The lowest BCUT2D eigenvalue weighted by molar-refractivity contribution is -0.116. The van der Waals surface area contributed by atoms with Crippen molar-refractivity contribution in [3.8, 4) is 0 Å². The third-order valence-corrected chi connectivity index (χ3v) is 7.10. The van der Waals surface area contributed by atoms with E-state index >= 15 is 0 Å². The fourth-order valence-corrected chi connectivity index (χ4v) is 5.23. The highest BCUT2D eigenvalue weighted by Crippen LogP contribution is 2.31. The fraction of sp³-hybridized carbons (Fsp3) is 0.667. The second kappa shape index (κ2) is 9.21. The number of ketones is 1. The van der Waals surface area contributed by atoms with Gasteiger partial charge in [0.05, 0.1) is 6.54 Å². The molecule has 1 amide bonds. The number of Topliss-reactive ketones (excluding diaryl/α,β-unsaturated/α-hetero) is 1. The predicted molar refractivity (Wildman–Crippen MR) is 113 cm³/mol. The van der Waals surface area contributed by atoms with E-state index in [4.69, 9.17) is 0 Å². The Kier molecular flexibility index (Phi) is 6.46. The molecule has 1 saturated carbocycles. The van der Waals surface area contributed by atoms with Crippen molar-refractivity contribution in [2.75, 3.05) is 25.0 Å². The molecular formula is C24H34N2O2. The second-order valence-electron chi connectivity index (χ2n) is 9.14. The lowest BCUT2D eigenvalue weighted by Gasteiger charge is -2.32. The number of hydrogen-bond acceptors (Lipinski definition) is 3. The van der Waals surface area contributed by atoms with Crippen molar-refractivity contribution in [2.24, 2.45) is 11.8 Å². The number of amides is 1. The summed E-state index contributed by atoms with van der Waals surface area (Å²) in [6.45, 7) is 2.64. The number of hydrogen-bond donors (Lipinski definition) is 1. The number of anilines is 1. The molecule has 1 aromatic carbocycles. The van der Waals surface area contributed by atoms with Gasteiger partial charge in [0, 0.05) is 17.7 Å². The summed E-state index contributed by atoms with van der Waals surface area (Å²) in [5.74, 6) is 2.13. The van der Waals surface area contributed by atoms with Crippen molar-refractivity contribution < 1.29 is 9.59 Å². The molecule has 0 atom stereocenters. The molecule has 1 N–H and O–H groups in total. The normalized spacial score (nSPS) is 21.9. The number of rotatable bonds is 6. The van der Waals surface area contributed by atoms with Crippen LogP contribution in [0.1, 0.15) is 80.1 Å². The monoisotopic (exact) mass is 382 g/mol. The van der Waals surface area contributed by atoms with Gasteiger partial charge in [0.15, 0.2) is 5.78 Å². The van der Waals surface area contributed by atoms with Crippen LogP contribution in [0.2, 0.25) is 0 Å². The van der Waals surface area contributed by atoms with E-state index < -0.39 is 0 Å². The van der Waals surface area contributed by atoms with E-state index in [1.165, 1.54) is 57.8 Å². The van der Waals surface area contributed by atoms with Gasteiger partial charge in [-0.05, 0) is 68.0 Å². The fourth-order valence-electron chi connectivity index (χ4n) is 5.23. The van der Waals surface area contributed by atoms with E-state index in [0.717, 1.165) is 48.2 Å². The Morgan fingerprint density at radius 1 is 0.964 bits per heavy atom. The van der Waals surface area contributed by atoms with Crippen molar-refractivity contribution in [1.82, 2.24) is 4.90 Å². The zero-order valence-corrected chi connectivity index (χ0v) is 17.0. The summed E-state index contributed by atoms with van der Waals surface area (Å²) < 4.78 is 0. The summed E-state index contributed by atoms with van der Waals surface area (Å²) in [6.07, 6.45) is 13.8. The molecule has 4 rings (SSSR count). The average molecular weight is 383 g/mol. The first kappa shape index (κ1) is 19.6. The van der Waals surface area contributed by atoms with Gasteiger partial charge in [0.2, 0.25) is 5.91 Å². The Morgan fingerprint density at radius 2 is 1.68 bits per heavy atom. The largest absolute Gasteiger partial charge is 0.326 e. The topological polar surface area (TPSA) is 49.4 Å². The summed E-state index contributed by atoms with van der Waals surface area (Å²) in [6, 6.07) is 5.73. The van der Waals surface area contributed by atoms with Crippen LogP contribution in [0.3, 0.4) is 0 Å². The van der Waals surface area contributed by atoms with E-state index in [9.17, 15) is 9.59 Å². The third kappa shape index (κ3) is 5.02. The molecule has 3 aliphatic rings. The minimum atomic E-state index is 0.0675. The highest BCUT2D eigenvalue weighted by molar-refractivity contribution is 6.00. The maximum atomic E-state index is 12.7. The first-order valence-corrected chi connectivity index (χ1v) is 11.4. The Balaban J connectivity index is 1.22. The molecule has 4 nitrogen and oxygen atoms in total. The standard InChI is InChI=1S/C24H34N2O2/c27-23(21-8-10-22-20(16-21)9-11-24(28)25-22)17-26-14-12-19(13-15-26)7-6-18-4-2-1-3-5-18/h8,10,16,18-19H,1-7,9,11-15,17H2,(H,25,28). The summed E-state index contributed by atoms with van der Waals surface area (Å²) in [5, 5.41) is 2.89. The molecule has 0 bridgehead atoms. The molecule has 0 unspecified atom stereocenters. The van der Waals surface area contributed by atoms with Gasteiger partial charge in [-0.3, -0.25) is 14.5 Å². The molecule has 1 aromatic rings. The summed E-state index contributed by atoms with van der Waals surface area (Å²) >= 11 is 0. The quantitative estimate of drug-likeness (QED) is 0.717. The number of aryl methyl sites for hydroxylation is 1. The predicted octanol–water partition coefficient (Wildman–Crippen LogP) is 4.83. The molecule has 0 spiro atoms. The van der Waals surface area contributed by atoms with Crippen molar-refractivity contribution in [1.29, 1.82) is 0 Å². The van der Waals surface area contributed by atoms with Crippen LogP contribution >= 0.6 is 0 Å². The number of nitrogens with one attached hydrogen (secondary N) is 1. The maximum absolute atomic E-state index is 12.7. The SMILES string of the molecule is O=C1CCc2cc(C(=O)CN3CCC(CCC4CCCCC4)CC3)ccc2N1. The van der Waals surface area contributed by atoms with Crippen molar-refractivity contribution >= 4 is 17.4 Å². The lowest BCUT2D eigenvalue weighted by atomic mass is 9.82. The molecule has 2 fully saturated rings. The molecule has 4 heteroatoms. The molecular weight excluding hydrogens is 348 g/mol. The van der Waals surface area contributed by atoms with Crippen LogP contribution in [0.4, 0.5) is 5.69 Å². The first-order chi connectivity index (χ1) is 13.7. The minimum Gasteiger partial charge on any atom is -0.326 e. The number of carbonyl (C=O) groups excluding carboxylic acids is 2. The highest BCUT2D eigenvalue weighted by atomic mass is 16.1. The van der Waals surface area contributed by atoms with E-state index in [0.29, 0.717) is 13.0 Å². The average Bonchev–Trinajstić information content (AvgIpc) is 2.73. The summed E-state index contributed by atoms with van der Waals surface area (Å²) in [7, 11) is 0. The van der Waals surface area contributed by atoms with Gasteiger partial charge in [-0.25, -0.2) is 0 Å². The Labute approximate surface area is 169 Å². The number of nitrogens with zero attached hydrogens (tertiary/aromatic N) is 1. The second-order valence-corrected chi connectivity index (χ2v) is 9.14. The van der Waals surface area contributed by atoms with Crippen molar-refractivity contribution in [3.05, 3.63) is 29.3 Å². The minimum absolute atomic E-state index is 0.0675. The molecule has 0 radical (unpaired) electrons. The van der Waals surface area contributed by atoms with Crippen LogP contribution in [0, 0.1) is 11.8 Å². The van der Waals surface area contributed by atoms with Crippen LogP contribution in [-0.4, -0.2) is 36.2 Å². The van der Waals surface area contributed by atoms with Gasteiger partial charge < -0.3 is 5.32 Å². The van der Waals surface area contributed by atoms with E-state index in [1.54, 1.807) is 0 Å². The Bertz CT molecular complexity index is 701. The van der Waals surface area contributed by atoms with Crippen LogP contribution in [-0.2, 0) is 11.2 Å². The Hall–Kier alpha value is -1.68. The summed E-state index contributed by atoms with van der Waals surface area (Å²) in [5.41, 5.74) is 2.74. The van der Waals surface area contributed by atoms with E-state index in [1.807, 2.05) is 18.2 Å². The van der Waals surface area contributed by atoms with Crippen LogP contribution in [0.15, 0.2) is 18.2 Å². The van der Waals surface area contributed by atoms with Crippen LogP contribution in [0.5, 0.6) is 0 Å². The molecule has 152 valence electrons. The van der Waals surface area contributed by atoms with E-state index in [2.05, 4.69) is 10.2 Å². The lowest BCUT2D eigenvalue weighted by Crippen LogP contribution is -2.37. The zero-order valence-electron chi connectivity index (χ0n) is 17.0. The number of piperidine rings is 1. The van der Waals surface area contributed by atoms with Crippen molar-refractivity contribution in [2.45, 2.75) is 70.6 Å². The van der Waals surface area contributed by atoms with Crippen LogP contribution in [0.25, 0.3) is 0 Å². The maximum Gasteiger partial charge on any atom is 0.224 e. The smallest absolute Gasteiger partial charge is 0.224 e.